The molecule has 0 radical (unpaired) electrons. The maximum Gasteiger partial charge on any atom is 0.309 e. The van der Waals surface area contributed by atoms with Gasteiger partial charge in [-0.25, -0.2) is 0 Å². The first kappa shape index (κ1) is 29.5. The van der Waals surface area contributed by atoms with Gasteiger partial charge in [-0.15, -0.1) is 0 Å². The molecule has 2 fully saturated rings. The van der Waals surface area contributed by atoms with Crippen LogP contribution in [0, 0.1) is 5.92 Å². The van der Waals surface area contributed by atoms with Crippen LogP contribution >= 0.6 is 0 Å². The summed E-state index contributed by atoms with van der Waals surface area (Å²) < 4.78 is 29.1. The molecule has 2 saturated heterocycles. The standard InChI is InChI=1S/C28H37NO12/c1-3-38-26(35)13-4-5-15-16(8-13)22(41-27-28(36,6-7-30)25(34)21(33)18(11-31)40-27)24(37-2)23-20(15)17(12-39-23)14-9-19(32)29-10-14/h12-14,18,21,25,27,30-31,33-34,36H,3-11H2,1-2H3,(H,29,32)/t13-,14-,18+,21+,25-,27+,28+/m0/s1. The van der Waals surface area contributed by atoms with Gasteiger partial charge in [0.1, 0.15) is 18.3 Å². The fraction of sp³-hybridized carbons (Fsp3) is 0.643. The maximum absolute atomic E-state index is 12.8. The summed E-state index contributed by atoms with van der Waals surface area (Å²) >= 11 is 0. The second-order valence-corrected chi connectivity index (χ2v) is 10.8. The van der Waals surface area contributed by atoms with Crippen molar-refractivity contribution in [3.05, 3.63) is 23.0 Å². The van der Waals surface area contributed by atoms with E-state index in [1.807, 2.05) is 0 Å². The molecule has 13 nitrogen and oxygen atoms in total. The Bertz CT molecular complexity index is 1290. The summed E-state index contributed by atoms with van der Waals surface area (Å²) in [5.74, 6) is -0.839. The highest BCUT2D eigenvalue weighted by atomic mass is 16.7. The zero-order chi connectivity index (χ0) is 29.5. The lowest BCUT2D eigenvalue weighted by Gasteiger charge is -2.47. The number of nitrogens with one attached hydrogen (secondary N) is 1. The van der Waals surface area contributed by atoms with Gasteiger partial charge in [0.25, 0.3) is 0 Å². The van der Waals surface area contributed by atoms with E-state index >= 15 is 0 Å². The second kappa shape index (κ2) is 11.7. The third-order valence-corrected chi connectivity index (χ3v) is 8.45. The summed E-state index contributed by atoms with van der Waals surface area (Å²) in [5.41, 5.74) is 0.283. The van der Waals surface area contributed by atoms with Crippen LogP contribution in [0.5, 0.6) is 11.5 Å². The van der Waals surface area contributed by atoms with Gasteiger partial charge in [-0.1, -0.05) is 0 Å². The van der Waals surface area contributed by atoms with Gasteiger partial charge in [0.15, 0.2) is 16.9 Å². The second-order valence-electron chi connectivity index (χ2n) is 10.8. The molecule has 0 unspecified atom stereocenters. The van der Waals surface area contributed by atoms with Crippen molar-refractivity contribution in [3.8, 4) is 11.5 Å². The number of rotatable bonds is 9. The van der Waals surface area contributed by atoms with Gasteiger partial charge in [0, 0.05) is 48.4 Å². The first-order chi connectivity index (χ1) is 19.7. The van der Waals surface area contributed by atoms with Gasteiger partial charge in [-0.2, -0.15) is 0 Å². The van der Waals surface area contributed by atoms with Gasteiger partial charge >= 0.3 is 5.97 Å². The smallest absolute Gasteiger partial charge is 0.309 e. The molecule has 0 bridgehead atoms. The average Bonchev–Trinajstić information content (AvgIpc) is 3.60. The third kappa shape index (κ3) is 5.04. The Morgan fingerprint density at radius 1 is 1.20 bits per heavy atom. The van der Waals surface area contributed by atoms with Crippen LogP contribution in [0.4, 0.5) is 0 Å². The Labute approximate surface area is 235 Å². The molecular weight excluding hydrogens is 542 g/mol. The van der Waals surface area contributed by atoms with E-state index in [9.17, 15) is 35.1 Å². The van der Waals surface area contributed by atoms with Crippen molar-refractivity contribution in [2.75, 3.05) is 33.5 Å². The van der Waals surface area contributed by atoms with E-state index in [1.165, 1.54) is 7.11 Å². The highest BCUT2D eigenvalue weighted by Crippen LogP contribution is 2.50. The van der Waals surface area contributed by atoms with Crippen LogP contribution in [0.15, 0.2) is 10.7 Å². The number of aliphatic hydroxyl groups excluding tert-OH is 4. The van der Waals surface area contributed by atoms with Gasteiger partial charge in [0.05, 0.1) is 32.5 Å². The molecule has 1 amide bonds. The Morgan fingerprint density at radius 3 is 2.61 bits per heavy atom. The number of amides is 1. The number of furan rings is 1. The van der Waals surface area contributed by atoms with Crippen molar-refractivity contribution in [1.29, 1.82) is 0 Å². The Kier molecular flexibility index (Phi) is 8.46. The number of methoxy groups -OCH3 is 1. The van der Waals surface area contributed by atoms with Crippen LogP contribution in [-0.4, -0.2) is 101 Å². The van der Waals surface area contributed by atoms with Crippen molar-refractivity contribution < 1.29 is 58.5 Å². The van der Waals surface area contributed by atoms with E-state index in [1.54, 1.807) is 13.2 Å². The Balaban J connectivity index is 1.66. The molecule has 1 aromatic heterocycles. The van der Waals surface area contributed by atoms with E-state index in [2.05, 4.69) is 5.32 Å². The predicted molar refractivity (Wildman–Crippen MR) is 140 cm³/mol. The largest absolute Gasteiger partial charge is 0.490 e. The molecular formula is C28H37NO12. The summed E-state index contributed by atoms with van der Waals surface area (Å²) in [6.45, 7) is 1.14. The van der Waals surface area contributed by atoms with Crippen LogP contribution in [0.3, 0.4) is 0 Å². The minimum absolute atomic E-state index is 0.0655. The van der Waals surface area contributed by atoms with E-state index < -0.39 is 55.8 Å². The molecule has 1 aliphatic carbocycles. The van der Waals surface area contributed by atoms with Crippen molar-refractivity contribution in [3.63, 3.8) is 0 Å². The normalized spacial score (nSPS) is 31.5. The number of hydrogen-bond donors (Lipinski definition) is 6. The average molecular weight is 580 g/mol. The number of carbonyl (C=O) groups is 2. The third-order valence-electron chi connectivity index (χ3n) is 8.45. The fourth-order valence-electron chi connectivity index (χ4n) is 6.26. The van der Waals surface area contributed by atoms with E-state index in [0.717, 1.165) is 16.5 Å². The molecule has 0 spiro atoms. The fourth-order valence-corrected chi connectivity index (χ4v) is 6.26. The lowest BCUT2D eigenvalue weighted by molar-refractivity contribution is -0.323. The maximum atomic E-state index is 12.8. The zero-order valence-electron chi connectivity index (χ0n) is 23.0. The Hall–Kier alpha value is -2.94. The molecule has 13 heteroatoms. The number of fused-ring (bicyclic) bond motifs is 3. The summed E-state index contributed by atoms with van der Waals surface area (Å²) in [4.78, 5) is 24.8. The number of carbonyl (C=O) groups excluding carboxylic acids is 2. The lowest BCUT2D eigenvalue weighted by atomic mass is 9.79. The van der Waals surface area contributed by atoms with Gasteiger partial charge in [-0.05, 0) is 31.7 Å². The minimum atomic E-state index is -2.27. The predicted octanol–water partition coefficient (Wildman–Crippen LogP) is -0.356. The van der Waals surface area contributed by atoms with Crippen LogP contribution in [0.2, 0.25) is 0 Å². The molecule has 226 valence electrons. The molecule has 5 rings (SSSR count). The first-order valence-corrected chi connectivity index (χ1v) is 13.9. The monoisotopic (exact) mass is 579 g/mol. The summed E-state index contributed by atoms with van der Waals surface area (Å²) in [5, 5.41) is 55.7. The zero-order valence-corrected chi connectivity index (χ0v) is 23.0. The SMILES string of the molecule is CCOC(=O)[C@H]1CCc2c(c(O[C@H]3O[C@H](CO)[C@@H](O)[C@H](O)[C@]3(O)CCO)c(OC)c3occ([C@@H]4CNC(=O)C4)c23)C1. The molecule has 6 N–H and O–H groups in total. The van der Waals surface area contributed by atoms with E-state index in [0.29, 0.717) is 37.0 Å². The number of aryl methyl sites for hydroxylation is 1. The molecule has 0 saturated carbocycles. The van der Waals surface area contributed by atoms with Crippen LogP contribution in [0.25, 0.3) is 11.0 Å². The summed E-state index contributed by atoms with van der Waals surface area (Å²) in [6, 6.07) is 0. The van der Waals surface area contributed by atoms with E-state index in [4.69, 9.17) is 23.4 Å². The van der Waals surface area contributed by atoms with Crippen LogP contribution < -0.4 is 14.8 Å². The number of benzene rings is 1. The summed E-state index contributed by atoms with van der Waals surface area (Å²) in [6.07, 6.45) is -3.84. The van der Waals surface area contributed by atoms with Crippen molar-refractivity contribution in [2.24, 2.45) is 5.92 Å². The van der Waals surface area contributed by atoms with Gasteiger partial charge < -0.3 is 54.2 Å². The minimum Gasteiger partial charge on any atom is -0.490 e. The highest BCUT2D eigenvalue weighted by Gasteiger charge is 2.56. The topological polar surface area (TPSA) is 197 Å². The molecule has 3 heterocycles. The first-order valence-electron chi connectivity index (χ1n) is 13.9. The number of ether oxygens (including phenoxy) is 4. The van der Waals surface area contributed by atoms with Gasteiger partial charge in [-0.3, -0.25) is 9.59 Å². The molecule has 41 heavy (non-hydrogen) atoms. The molecule has 2 aromatic rings. The lowest BCUT2D eigenvalue weighted by Crippen LogP contribution is -2.68. The van der Waals surface area contributed by atoms with Crippen molar-refractivity contribution in [2.45, 2.75) is 75.1 Å². The molecule has 1 aromatic carbocycles. The number of aliphatic hydroxyl groups is 5. The highest BCUT2D eigenvalue weighted by molar-refractivity contribution is 5.95. The van der Waals surface area contributed by atoms with Gasteiger partial charge in [0.2, 0.25) is 17.9 Å². The van der Waals surface area contributed by atoms with Crippen molar-refractivity contribution in [1.82, 2.24) is 5.32 Å². The molecule has 2 aliphatic heterocycles. The molecule has 7 atom stereocenters. The molecule has 3 aliphatic rings. The van der Waals surface area contributed by atoms with Crippen LogP contribution in [-0.2, 0) is 31.9 Å². The number of hydrogen-bond acceptors (Lipinski definition) is 12. The quantitative estimate of drug-likeness (QED) is 0.211. The van der Waals surface area contributed by atoms with Crippen molar-refractivity contribution >= 4 is 22.8 Å². The van der Waals surface area contributed by atoms with Crippen LogP contribution in [0.1, 0.15) is 48.8 Å². The van der Waals surface area contributed by atoms with E-state index in [-0.39, 0.29) is 42.3 Å². The summed E-state index contributed by atoms with van der Waals surface area (Å²) in [7, 11) is 1.40. The number of esters is 1. The Morgan fingerprint density at radius 2 is 1.98 bits per heavy atom.